The van der Waals surface area contributed by atoms with E-state index >= 15 is 0 Å². The van der Waals surface area contributed by atoms with E-state index in [-0.39, 0.29) is 0 Å². The third-order valence-electron chi connectivity index (χ3n) is 3.77. The lowest BCUT2D eigenvalue weighted by atomic mass is 10.5. The molecule has 0 spiro atoms. The maximum absolute atomic E-state index is 5.65. The van der Waals surface area contributed by atoms with Crippen LogP contribution >= 0.6 is 0 Å². The molecule has 0 atom stereocenters. The normalized spacial score (nSPS) is 19.2. The lowest BCUT2D eigenvalue weighted by molar-refractivity contribution is 0.114. The van der Waals surface area contributed by atoms with Gasteiger partial charge in [-0.25, -0.2) is 0 Å². The van der Waals surface area contributed by atoms with Gasteiger partial charge in [0.2, 0.25) is 0 Å². The van der Waals surface area contributed by atoms with Gasteiger partial charge < -0.3 is 19.7 Å². The van der Waals surface area contributed by atoms with E-state index in [1.54, 1.807) is 0 Å². The van der Waals surface area contributed by atoms with Crippen LogP contribution in [-0.2, 0) is 9.47 Å². The van der Waals surface area contributed by atoms with Crippen molar-refractivity contribution in [3.05, 3.63) is 0 Å². The first-order valence-electron chi connectivity index (χ1n) is 7.87. The summed E-state index contributed by atoms with van der Waals surface area (Å²) in [6, 6.07) is 0. The zero-order valence-electron chi connectivity index (χ0n) is 12.9. The molecule has 2 aliphatic rings. The molecule has 2 aliphatic carbocycles. The fourth-order valence-electron chi connectivity index (χ4n) is 2.00. The minimum absolute atomic E-state index is 0.752. The summed E-state index contributed by atoms with van der Waals surface area (Å²) in [5.41, 5.74) is 0. The number of nitrogens with one attached hydrogen (secondary N) is 1. The lowest BCUT2D eigenvalue weighted by Gasteiger charge is -2.22. The van der Waals surface area contributed by atoms with E-state index in [4.69, 9.17) is 9.47 Å². The molecule has 5 heteroatoms. The second kappa shape index (κ2) is 8.47. The molecule has 0 aliphatic heterocycles. The highest BCUT2D eigenvalue weighted by Gasteiger charge is 2.21. The summed E-state index contributed by atoms with van der Waals surface area (Å²) in [7, 11) is 3.86. The molecular weight excluding hydrogens is 254 g/mol. The maximum atomic E-state index is 5.65. The molecule has 2 rings (SSSR count). The Morgan fingerprint density at radius 2 is 1.70 bits per heavy atom. The van der Waals surface area contributed by atoms with Crippen molar-refractivity contribution < 1.29 is 9.47 Å². The number of hydrogen-bond donors (Lipinski definition) is 1. The minimum atomic E-state index is 0.752. The Bertz CT molecular complexity index is 301. The molecule has 1 N–H and O–H groups in total. The average Bonchev–Trinajstić information content (AvgIpc) is 3.33. The summed E-state index contributed by atoms with van der Waals surface area (Å²) in [5.74, 6) is 2.58. The first kappa shape index (κ1) is 15.6. The van der Waals surface area contributed by atoms with Crippen molar-refractivity contribution in [2.24, 2.45) is 16.8 Å². The molecule has 20 heavy (non-hydrogen) atoms. The highest BCUT2D eigenvalue weighted by Crippen LogP contribution is 2.29. The summed E-state index contributed by atoms with van der Waals surface area (Å²) >= 11 is 0. The monoisotopic (exact) mass is 283 g/mol. The van der Waals surface area contributed by atoms with E-state index in [0.717, 1.165) is 57.3 Å². The van der Waals surface area contributed by atoms with Crippen LogP contribution in [0.2, 0.25) is 0 Å². The topological polar surface area (TPSA) is 46.1 Å². The number of ether oxygens (including phenoxy) is 2. The van der Waals surface area contributed by atoms with Crippen LogP contribution in [0.1, 0.15) is 25.7 Å². The van der Waals surface area contributed by atoms with E-state index < -0.39 is 0 Å². The molecular formula is C15H29N3O2. The largest absolute Gasteiger partial charge is 0.379 e. The van der Waals surface area contributed by atoms with E-state index in [1.165, 1.54) is 25.7 Å². The second-order valence-corrected chi connectivity index (χ2v) is 5.93. The summed E-state index contributed by atoms with van der Waals surface area (Å²) in [6.07, 6.45) is 5.39. The lowest BCUT2D eigenvalue weighted by Crippen LogP contribution is -2.41. The maximum Gasteiger partial charge on any atom is 0.193 e. The highest BCUT2D eigenvalue weighted by atomic mass is 16.5. The molecule has 2 fully saturated rings. The van der Waals surface area contributed by atoms with Crippen molar-refractivity contribution in [1.82, 2.24) is 10.2 Å². The molecule has 0 saturated heterocycles. The van der Waals surface area contributed by atoms with Gasteiger partial charge in [0.15, 0.2) is 5.96 Å². The minimum Gasteiger partial charge on any atom is -0.379 e. The van der Waals surface area contributed by atoms with Gasteiger partial charge in [-0.2, -0.15) is 0 Å². The van der Waals surface area contributed by atoms with E-state index in [9.17, 15) is 0 Å². The molecule has 116 valence electrons. The fourth-order valence-corrected chi connectivity index (χ4v) is 2.00. The smallest absolute Gasteiger partial charge is 0.193 e. The first-order valence-corrected chi connectivity index (χ1v) is 7.87. The molecule has 2 saturated carbocycles. The molecule has 0 amide bonds. The zero-order valence-corrected chi connectivity index (χ0v) is 12.9. The Hall–Kier alpha value is -0.810. The quantitative estimate of drug-likeness (QED) is 0.373. The molecule has 5 nitrogen and oxygen atoms in total. The molecule has 0 unspecified atom stereocenters. The second-order valence-electron chi connectivity index (χ2n) is 5.93. The predicted octanol–water partition coefficient (Wildman–Crippen LogP) is 1.35. The number of likely N-dealkylation sites (N-methyl/N-ethyl adjacent to an activating group) is 1. The van der Waals surface area contributed by atoms with Gasteiger partial charge in [0.25, 0.3) is 0 Å². The number of hydrogen-bond acceptors (Lipinski definition) is 3. The summed E-state index contributed by atoms with van der Waals surface area (Å²) in [5, 5.41) is 3.32. The van der Waals surface area contributed by atoms with Crippen LogP contribution in [0.4, 0.5) is 0 Å². The van der Waals surface area contributed by atoms with Crippen LogP contribution in [0, 0.1) is 11.8 Å². The van der Waals surface area contributed by atoms with Gasteiger partial charge in [-0.1, -0.05) is 0 Å². The van der Waals surface area contributed by atoms with Crippen LogP contribution in [-0.4, -0.2) is 64.5 Å². The van der Waals surface area contributed by atoms with Gasteiger partial charge in [0, 0.05) is 40.4 Å². The van der Waals surface area contributed by atoms with E-state index in [1.807, 2.05) is 14.1 Å². The van der Waals surface area contributed by atoms with Crippen LogP contribution in [0.3, 0.4) is 0 Å². The number of nitrogens with zero attached hydrogens (tertiary/aromatic N) is 2. The van der Waals surface area contributed by atoms with Gasteiger partial charge in [-0.05, 0) is 37.5 Å². The zero-order chi connectivity index (χ0) is 14.2. The Kier molecular flexibility index (Phi) is 6.60. The van der Waals surface area contributed by atoms with Gasteiger partial charge in [-0.15, -0.1) is 0 Å². The van der Waals surface area contributed by atoms with Crippen molar-refractivity contribution in [3.8, 4) is 0 Å². The van der Waals surface area contributed by atoms with E-state index in [2.05, 4.69) is 15.2 Å². The molecule has 0 aromatic rings. The molecule has 0 radical (unpaired) electrons. The summed E-state index contributed by atoms with van der Waals surface area (Å²) in [6.45, 7) is 5.05. The third-order valence-corrected chi connectivity index (χ3v) is 3.77. The summed E-state index contributed by atoms with van der Waals surface area (Å²) < 4.78 is 11.3. The Labute approximate surface area is 122 Å². The Morgan fingerprint density at radius 1 is 1.10 bits per heavy atom. The third kappa shape index (κ3) is 6.57. The predicted molar refractivity (Wildman–Crippen MR) is 81.1 cm³/mol. The molecule has 0 aromatic carbocycles. The van der Waals surface area contributed by atoms with Crippen molar-refractivity contribution >= 4 is 5.96 Å². The van der Waals surface area contributed by atoms with Crippen molar-refractivity contribution in [2.75, 3.05) is 53.6 Å². The van der Waals surface area contributed by atoms with Crippen molar-refractivity contribution in [2.45, 2.75) is 25.7 Å². The number of rotatable bonds is 10. The SMILES string of the molecule is CN=C(NCCOCC1CC1)N(C)CCOCC1CC1. The molecule has 0 heterocycles. The number of aliphatic imine (C=N–C) groups is 1. The standard InChI is InChI=1S/C15H29N3O2/c1-16-15(17-7-9-19-11-13-3-4-13)18(2)8-10-20-12-14-5-6-14/h13-14H,3-12H2,1-2H3,(H,16,17). The summed E-state index contributed by atoms with van der Waals surface area (Å²) in [4.78, 5) is 6.38. The average molecular weight is 283 g/mol. The van der Waals surface area contributed by atoms with E-state index in [0.29, 0.717) is 0 Å². The van der Waals surface area contributed by atoms with Crippen molar-refractivity contribution in [3.63, 3.8) is 0 Å². The van der Waals surface area contributed by atoms with Gasteiger partial charge in [0.1, 0.15) is 0 Å². The van der Waals surface area contributed by atoms with Crippen LogP contribution < -0.4 is 5.32 Å². The molecule has 0 aromatic heterocycles. The van der Waals surface area contributed by atoms with Gasteiger partial charge >= 0.3 is 0 Å². The highest BCUT2D eigenvalue weighted by molar-refractivity contribution is 5.79. The number of guanidine groups is 1. The van der Waals surface area contributed by atoms with Crippen LogP contribution in [0.15, 0.2) is 4.99 Å². The van der Waals surface area contributed by atoms with Gasteiger partial charge in [0.05, 0.1) is 13.2 Å². The Morgan fingerprint density at radius 3 is 2.25 bits per heavy atom. The van der Waals surface area contributed by atoms with Crippen LogP contribution in [0.25, 0.3) is 0 Å². The first-order chi connectivity index (χ1) is 9.79. The van der Waals surface area contributed by atoms with Gasteiger partial charge in [-0.3, -0.25) is 4.99 Å². The van der Waals surface area contributed by atoms with Crippen LogP contribution in [0.5, 0.6) is 0 Å². The molecule has 0 bridgehead atoms. The fraction of sp³-hybridized carbons (Fsp3) is 0.933. The van der Waals surface area contributed by atoms with Crippen molar-refractivity contribution in [1.29, 1.82) is 0 Å². The Balaban J connectivity index is 1.47.